The van der Waals surface area contributed by atoms with E-state index in [0.717, 1.165) is 22.6 Å². The first-order chi connectivity index (χ1) is 14.8. The third-order valence-electron chi connectivity index (χ3n) is 5.44. The Morgan fingerprint density at radius 1 is 1.29 bits per heavy atom. The van der Waals surface area contributed by atoms with Crippen LogP contribution in [0.4, 0.5) is 5.82 Å². The molecule has 0 saturated heterocycles. The van der Waals surface area contributed by atoms with E-state index < -0.39 is 0 Å². The van der Waals surface area contributed by atoms with E-state index in [-0.39, 0.29) is 18.5 Å². The average Bonchev–Trinajstić information content (AvgIpc) is 3.30. The fraction of sp³-hybridized carbons (Fsp3) is 0.333. The van der Waals surface area contributed by atoms with Crippen LogP contribution in [-0.4, -0.2) is 28.0 Å². The number of nitrogens with zero attached hydrogens (tertiary/aromatic N) is 3. The van der Waals surface area contributed by atoms with Crippen molar-refractivity contribution in [1.29, 1.82) is 5.26 Å². The molecule has 2 aromatic heterocycles. The molecule has 0 atom stereocenters. The number of amides is 1. The van der Waals surface area contributed by atoms with E-state index in [1.807, 2.05) is 68.7 Å². The van der Waals surface area contributed by atoms with Gasteiger partial charge in [-0.2, -0.15) is 5.26 Å². The predicted molar refractivity (Wildman–Crippen MR) is 122 cm³/mol. The van der Waals surface area contributed by atoms with Gasteiger partial charge in [0.25, 0.3) is 0 Å². The third-order valence-corrected chi connectivity index (χ3v) is 5.68. The number of furan rings is 1. The summed E-state index contributed by atoms with van der Waals surface area (Å²) in [6.45, 7) is 9.16. The molecule has 6 nitrogen and oxygen atoms in total. The molecular weight excluding hydrogens is 412 g/mol. The van der Waals surface area contributed by atoms with Crippen LogP contribution in [0.1, 0.15) is 42.0 Å². The van der Waals surface area contributed by atoms with E-state index >= 15 is 0 Å². The van der Waals surface area contributed by atoms with Crippen LogP contribution >= 0.6 is 11.6 Å². The van der Waals surface area contributed by atoms with Crippen LogP contribution in [0.25, 0.3) is 0 Å². The van der Waals surface area contributed by atoms with Crippen LogP contribution < -0.4 is 5.32 Å². The van der Waals surface area contributed by atoms with Gasteiger partial charge < -0.3 is 14.3 Å². The smallest absolute Gasteiger partial charge is 0.239 e. The highest BCUT2D eigenvalue weighted by atomic mass is 35.5. The van der Waals surface area contributed by atoms with Gasteiger partial charge in [0.2, 0.25) is 5.91 Å². The van der Waals surface area contributed by atoms with E-state index in [1.54, 1.807) is 6.26 Å². The number of carbonyl (C=O) groups is 1. The Hall–Kier alpha value is -3.01. The van der Waals surface area contributed by atoms with Gasteiger partial charge in [0.1, 0.15) is 17.6 Å². The Labute approximate surface area is 188 Å². The first kappa shape index (κ1) is 22.7. The number of hydrogen-bond donors (Lipinski definition) is 1. The van der Waals surface area contributed by atoms with Crippen molar-refractivity contribution in [2.75, 3.05) is 11.9 Å². The SMILES string of the molecule is Cc1c(C#N)c(NC(=O)CN(Cc2cccc(Cl)c2)C(C)C)n(Cc2ccco2)c1C. The van der Waals surface area contributed by atoms with Gasteiger partial charge in [-0.25, -0.2) is 0 Å². The van der Waals surface area contributed by atoms with E-state index in [9.17, 15) is 10.1 Å². The lowest BCUT2D eigenvalue weighted by molar-refractivity contribution is -0.117. The second-order valence-corrected chi connectivity index (χ2v) is 8.32. The zero-order valence-electron chi connectivity index (χ0n) is 18.3. The molecule has 1 amide bonds. The lowest BCUT2D eigenvalue weighted by Crippen LogP contribution is -2.38. The van der Waals surface area contributed by atoms with Crippen molar-refractivity contribution >= 4 is 23.3 Å². The average molecular weight is 439 g/mol. The fourth-order valence-corrected chi connectivity index (χ4v) is 3.75. The predicted octanol–water partition coefficient (Wildman–Crippen LogP) is 5.12. The summed E-state index contributed by atoms with van der Waals surface area (Å²) in [7, 11) is 0. The molecule has 0 fully saturated rings. The summed E-state index contributed by atoms with van der Waals surface area (Å²) in [6, 6.07) is 13.7. The summed E-state index contributed by atoms with van der Waals surface area (Å²) in [6.07, 6.45) is 1.61. The molecule has 7 heteroatoms. The number of benzene rings is 1. The summed E-state index contributed by atoms with van der Waals surface area (Å²) < 4.78 is 7.39. The number of nitriles is 1. The molecule has 0 aliphatic rings. The van der Waals surface area contributed by atoms with Gasteiger partial charge >= 0.3 is 0 Å². The summed E-state index contributed by atoms with van der Waals surface area (Å²) in [4.78, 5) is 15.1. The van der Waals surface area contributed by atoms with Crippen LogP contribution in [0.5, 0.6) is 0 Å². The lowest BCUT2D eigenvalue weighted by Gasteiger charge is -2.26. The summed E-state index contributed by atoms with van der Waals surface area (Å²) in [5.74, 6) is 1.08. The minimum Gasteiger partial charge on any atom is -0.467 e. The standard InChI is InChI=1S/C24H27ClN4O2/c1-16(2)28(13-19-7-5-8-20(25)11-19)15-23(30)27-24-22(12-26)17(3)18(4)29(24)14-21-9-6-10-31-21/h5-11,16H,13-15H2,1-4H3,(H,27,30). The normalized spacial score (nSPS) is 11.2. The molecular formula is C24H27ClN4O2. The number of anilines is 1. The van der Waals surface area contributed by atoms with E-state index in [2.05, 4.69) is 16.3 Å². The zero-order chi connectivity index (χ0) is 22.5. The Balaban J connectivity index is 1.81. The summed E-state index contributed by atoms with van der Waals surface area (Å²) in [5.41, 5.74) is 3.29. The second-order valence-electron chi connectivity index (χ2n) is 7.89. The molecule has 3 rings (SSSR count). The number of rotatable bonds is 8. The van der Waals surface area contributed by atoms with Crippen molar-refractivity contribution in [3.63, 3.8) is 0 Å². The Bertz CT molecular complexity index is 1090. The van der Waals surface area contributed by atoms with Gasteiger partial charge in [-0.15, -0.1) is 0 Å². The minimum atomic E-state index is -0.176. The molecule has 0 aliphatic carbocycles. The van der Waals surface area contributed by atoms with Gasteiger partial charge in [0, 0.05) is 23.3 Å². The van der Waals surface area contributed by atoms with E-state index in [1.165, 1.54) is 0 Å². The quantitative estimate of drug-likeness (QED) is 0.529. The topological polar surface area (TPSA) is 74.2 Å². The van der Waals surface area contributed by atoms with Crippen LogP contribution in [0.15, 0.2) is 47.1 Å². The molecule has 162 valence electrons. The zero-order valence-corrected chi connectivity index (χ0v) is 19.0. The molecule has 0 bridgehead atoms. The van der Waals surface area contributed by atoms with Crippen molar-refractivity contribution in [2.45, 2.75) is 46.8 Å². The number of aromatic nitrogens is 1. The lowest BCUT2D eigenvalue weighted by atomic mass is 10.2. The number of nitrogens with one attached hydrogen (secondary N) is 1. The minimum absolute atomic E-state index is 0.151. The number of halogens is 1. The summed E-state index contributed by atoms with van der Waals surface area (Å²) >= 11 is 6.11. The fourth-order valence-electron chi connectivity index (χ4n) is 3.53. The van der Waals surface area contributed by atoms with Crippen molar-refractivity contribution in [2.24, 2.45) is 0 Å². The molecule has 0 spiro atoms. The first-order valence-corrected chi connectivity index (χ1v) is 10.6. The monoisotopic (exact) mass is 438 g/mol. The van der Waals surface area contributed by atoms with Gasteiger partial charge in [-0.05, 0) is 63.1 Å². The van der Waals surface area contributed by atoms with Crippen LogP contribution in [0, 0.1) is 25.2 Å². The number of carbonyl (C=O) groups excluding carboxylic acids is 1. The molecule has 1 aromatic carbocycles. The molecule has 1 N–H and O–H groups in total. The molecule has 0 aliphatic heterocycles. The van der Waals surface area contributed by atoms with Crippen molar-refractivity contribution in [3.05, 3.63) is 75.8 Å². The van der Waals surface area contributed by atoms with E-state index in [0.29, 0.717) is 29.5 Å². The van der Waals surface area contributed by atoms with Gasteiger partial charge in [-0.1, -0.05) is 23.7 Å². The largest absolute Gasteiger partial charge is 0.467 e. The van der Waals surface area contributed by atoms with Crippen LogP contribution in [-0.2, 0) is 17.9 Å². The first-order valence-electron chi connectivity index (χ1n) is 10.2. The third kappa shape index (κ3) is 5.38. The highest BCUT2D eigenvalue weighted by Gasteiger charge is 2.22. The Morgan fingerprint density at radius 3 is 2.68 bits per heavy atom. The molecule has 0 unspecified atom stereocenters. The van der Waals surface area contributed by atoms with Gasteiger partial charge in [0.15, 0.2) is 0 Å². The Morgan fingerprint density at radius 2 is 2.06 bits per heavy atom. The second kappa shape index (κ2) is 9.86. The Kier molecular flexibility index (Phi) is 7.21. The van der Waals surface area contributed by atoms with Crippen LogP contribution in [0.2, 0.25) is 5.02 Å². The molecule has 2 heterocycles. The highest BCUT2D eigenvalue weighted by Crippen LogP contribution is 2.27. The molecule has 31 heavy (non-hydrogen) atoms. The van der Waals surface area contributed by atoms with Crippen molar-refractivity contribution < 1.29 is 9.21 Å². The molecule has 0 radical (unpaired) electrons. The molecule has 0 saturated carbocycles. The van der Waals surface area contributed by atoms with E-state index in [4.69, 9.17) is 16.0 Å². The number of hydrogen-bond acceptors (Lipinski definition) is 4. The summed E-state index contributed by atoms with van der Waals surface area (Å²) in [5, 5.41) is 13.4. The van der Waals surface area contributed by atoms with Gasteiger partial charge in [-0.3, -0.25) is 9.69 Å². The van der Waals surface area contributed by atoms with Gasteiger partial charge in [0.05, 0.1) is 24.9 Å². The highest BCUT2D eigenvalue weighted by molar-refractivity contribution is 6.30. The maximum absolute atomic E-state index is 13.0. The maximum atomic E-state index is 13.0. The van der Waals surface area contributed by atoms with Crippen molar-refractivity contribution in [1.82, 2.24) is 9.47 Å². The van der Waals surface area contributed by atoms with Crippen molar-refractivity contribution in [3.8, 4) is 6.07 Å². The van der Waals surface area contributed by atoms with Crippen LogP contribution in [0.3, 0.4) is 0 Å². The molecule has 3 aromatic rings. The maximum Gasteiger partial charge on any atom is 0.239 e.